The zero-order valence-corrected chi connectivity index (χ0v) is 16.2. The number of carbonyl (C=O) groups excluding carboxylic acids is 1. The Balaban J connectivity index is 1.83. The molecule has 0 unspecified atom stereocenters. The Labute approximate surface area is 167 Å². The highest BCUT2D eigenvalue weighted by atomic mass is 35.5. The summed E-state index contributed by atoms with van der Waals surface area (Å²) in [5, 5.41) is 5.76. The van der Waals surface area contributed by atoms with Crippen LogP contribution in [0.15, 0.2) is 54.9 Å². The summed E-state index contributed by atoms with van der Waals surface area (Å²) in [7, 11) is 0. The van der Waals surface area contributed by atoms with Gasteiger partial charge in [-0.2, -0.15) is 10.1 Å². The molecule has 0 saturated carbocycles. The molecule has 4 rings (SSSR count). The lowest BCUT2D eigenvalue weighted by atomic mass is 9.92. The number of halogens is 2. The molecule has 7 heteroatoms. The largest absolute Gasteiger partial charge is 0.274 e. The molecule has 0 fully saturated rings. The Bertz CT molecular complexity index is 953. The van der Waals surface area contributed by atoms with Crippen molar-refractivity contribution in [3.05, 3.63) is 76.0 Å². The van der Waals surface area contributed by atoms with Crippen molar-refractivity contribution in [2.75, 3.05) is 4.90 Å². The highest BCUT2D eigenvalue weighted by Crippen LogP contribution is 2.42. The van der Waals surface area contributed by atoms with E-state index in [9.17, 15) is 4.79 Å². The van der Waals surface area contributed by atoms with Gasteiger partial charge in [0.15, 0.2) is 0 Å². The summed E-state index contributed by atoms with van der Waals surface area (Å²) < 4.78 is 1.82. The van der Waals surface area contributed by atoms with Crippen molar-refractivity contribution >= 4 is 35.1 Å². The molecule has 1 aromatic heterocycles. The Hall–Kier alpha value is -2.37. The second-order valence-electron chi connectivity index (χ2n) is 6.49. The topological polar surface area (TPSA) is 51.0 Å². The van der Waals surface area contributed by atoms with E-state index in [4.69, 9.17) is 23.2 Å². The van der Waals surface area contributed by atoms with Crippen molar-refractivity contribution in [3.63, 3.8) is 0 Å². The summed E-state index contributed by atoms with van der Waals surface area (Å²) >= 11 is 12.1. The zero-order valence-electron chi connectivity index (χ0n) is 14.7. The fraction of sp³-hybridized carbons (Fsp3) is 0.250. The van der Waals surface area contributed by atoms with Gasteiger partial charge in [0.05, 0.1) is 12.1 Å². The average molecular weight is 401 g/mol. The lowest BCUT2D eigenvalue weighted by Crippen LogP contribution is -2.42. The first-order chi connectivity index (χ1) is 13.1. The van der Waals surface area contributed by atoms with Crippen LogP contribution >= 0.6 is 23.2 Å². The number of nitrogens with zero attached hydrogens (tertiary/aromatic N) is 4. The van der Waals surface area contributed by atoms with Crippen molar-refractivity contribution in [1.82, 2.24) is 14.8 Å². The van der Waals surface area contributed by atoms with Gasteiger partial charge < -0.3 is 0 Å². The maximum Gasteiger partial charge on any atom is 0.231 e. The molecule has 1 aliphatic rings. The number of hydrogen-bond donors (Lipinski definition) is 0. The summed E-state index contributed by atoms with van der Waals surface area (Å²) in [4.78, 5) is 18.9. The number of fused-ring (bicyclic) bond motifs is 1. The number of aromatic nitrogens is 3. The number of rotatable bonds is 3. The molecule has 1 amide bonds. The van der Waals surface area contributed by atoms with Crippen LogP contribution in [-0.2, 0) is 4.79 Å². The van der Waals surface area contributed by atoms with Crippen molar-refractivity contribution in [2.45, 2.75) is 31.8 Å². The Morgan fingerprint density at radius 2 is 1.56 bits per heavy atom. The number of anilines is 1. The smallest absolute Gasteiger partial charge is 0.231 e. The average Bonchev–Trinajstić information content (AvgIpc) is 3.17. The van der Waals surface area contributed by atoms with Crippen LogP contribution in [0.25, 0.3) is 0 Å². The molecule has 2 heterocycles. The van der Waals surface area contributed by atoms with E-state index in [1.54, 1.807) is 4.90 Å². The van der Waals surface area contributed by atoms with E-state index in [-0.39, 0.29) is 18.0 Å². The van der Waals surface area contributed by atoms with Crippen LogP contribution < -0.4 is 4.90 Å². The molecule has 0 spiro atoms. The second-order valence-corrected chi connectivity index (χ2v) is 7.37. The fourth-order valence-corrected chi connectivity index (χ4v) is 3.83. The normalized spacial score (nSPS) is 19.0. The number of benzene rings is 2. The van der Waals surface area contributed by atoms with Gasteiger partial charge in [0.2, 0.25) is 11.9 Å². The molecule has 0 radical (unpaired) electrons. The molecule has 0 saturated heterocycles. The van der Waals surface area contributed by atoms with Crippen LogP contribution in [0.2, 0.25) is 10.0 Å². The van der Waals surface area contributed by atoms with Gasteiger partial charge in [-0.25, -0.2) is 4.68 Å². The third-order valence-corrected chi connectivity index (χ3v) is 5.41. The number of carbonyl (C=O) groups is 1. The van der Waals surface area contributed by atoms with Gasteiger partial charge in [-0.05, 0) is 41.8 Å². The van der Waals surface area contributed by atoms with Crippen LogP contribution in [0, 0.1) is 0 Å². The lowest BCUT2D eigenvalue weighted by Gasteiger charge is -2.39. The van der Waals surface area contributed by atoms with Crippen LogP contribution in [0.4, 0.5) is 5.95 Å². The first-order valence-electron chi connectivity index (χ1n) is 8.81. The molecular formula is C20H18Cl2N4O. The van der Waals surface area contributed by atoms with Gasteiger partial charge in [-0.1, -0.05) is 54.4 Å². The first-order valence-corrected chi connectivity index (χ1v) is 9.56. The van der Waals surface area contributed by atoms with Crippen LogP contribution in [-0.4, -0.2) is 20.7 Å². The standard InChI is InChI=1S/C20H18Cl2N4O/c1-2-19(27)25-17(13-3-7-15(21)8-4-13)11-18(26-20(25)23-12-24-26)14-5-9-16(22)10-6-14/h3-10,12,17-18H,2,11H2,1H3/t17-,18+/m1/s1. The van der Waals surface area contributed by atoms with Crippen molar-refractivity contribution < 1.29 is 4.79 Å². The van der Waals surface area contributed by atoms with Gasteiger partial charge in [-0.15, -0.1) is 0 Å². The summed E-state index contributed by atoms with van der Waals surface area (Å²) in [5.41, 5.74) is 2.10. The Kier molecular flexibility index (Phi) is 4.89. The van der Waals surface area contributed by atoms with Crippen molar-refractivity contribution in [2.24, 2.45) is 0 Å². The van der Waals surface area contributed by atoms with Crippen molar-refractivity contribution in [3.8, 4) is 0 Å². The van der Waals surface area contributed by atoms with Crippen LogP contribution in [0.5, 0.6) is 0 Å². The molecule has 27 heavy (non-hydrogen) atoms. The molecule has 2 atom stereocenters. The van der Waals surface area contributed by atoms with E-state index in [1.165, 1.54) is 6.33 Å². The van der Waals surface area contributed by atoms with Gasteiger partial charge in [0, 0.05) is 16.5 Å². The van der Waals surface area contributed by atoms with Crippen LogP contribution in [0.1, 0.15) is 43.0 Å². The molecule has 1 aliphatic heterocycles. The predicted octanol–water partition coefficient (Wildman–Crippen LogP) is 5.06. The highest BCUT2D eigenvalue weighted by molar-refractivity contribution is 6.30. The molecule has 138 valence electrons. The molecule has 5 nitrogen and oxygen atoms in total. The number of hydrogen-bond acceptors (Lipinski definition) is 3. The number of amides is 1. The van der Waals surface area contributed by atoms with E-state index in [0.717, 1.165) is 11.1 Å². The van der Waals surface area contributed by atoms with Gasteiger partial charge in [-0.3, -0.25) is 9.69 Å². The predicted molar refractivity (Wildman–Crippen MR) is 106 cm³/mol. The molecule has 0 N–H and O–H groups in total. The van der Waals surface area contributed by atoms with Crippen LogP contribution in [0.3, 0.4) is 0 Å². The Morgan fingerprint density at radius 1 is 1.00 bits per heavy atom. The lowest BCUT2D eigenvalue weighted by molar-refractivity contribution is -0.119. The van der Waals surface area contributed by atoms with E-state index in [1.807, 2.05) is 60.1 Å². The first kappa shape index (κ1) is 18.0. The Morgan fingerprint density at radius 3 is 2.11 bits per heavy atom. The van der Waals surface area contributed by atoms with Gasteiger partial charge in [0.1, 0.15) is 6.33 Å². The highest BCUT2D eigenvalue weighted by Gasteiger charge is 2.38. The molecule has 0 bridgehead atoms. The summed E-state index contributed by atoms with van der Waals surface area (Å²) in [6.45, 7) is 1.85. The minimum absolute atomic E-state index is 0.0127. The fourth-order valence-electron chi connectivity index (χ4n) is 3.58. The van der Waals surface area contributed by atoms with E-state index in [2.05, 4.69) is 10.1 Å². The van der Waals surface area contributed by atoms with Gasteiger partial charge in [0.25, 0.3) is 0 Å². The maximum atomic E-state index is 12.8. The monoisotopic (exact) mass is 400 g/mol. The third kappa shape index (κ3) is 3.33. The molecule has 3 aromatic rings. The minimum atomic E-state index is -0.146. The molecule has 0 aliphatic carbocycles. The third-order valence-electron chi connectivity index (χ3n) is 4.90. The SMILES string of the molecule is CCC(=O)N1c2ncnn2[C@H](c2ccc(Cl)cc2)C[C@@H]1c1ccc(Cl)cc1. The summed E-state index contributed by atoms with van der Waals surface area (Å²) in [5.74, 6) is 0.576. The molecular weight excluding hydrogens is 383 g/mol. The van der Waals surface area contributed by atoms with E-state index in [0.29, 0.717) is 28.8 Å². The minimum Gasteiger partial charge on any atom is -0.274 e. The summed E-state index contributed by atoms with van der Waals surface area (Å²) in [6.07, 6.45) is 2.58. The zero-order chi connectivity index (χ0) is 19.0. The van der Waals surface area contributed by atoms with Gasteiger partial charge >= 0.3 is 0 Å². The van der Waals surface area contributed by atoms with E-state index >= 15 is 0 Å². The van der Waals surface area contributed by atoms with Crippen molar-refractivity contribution in [1.29, 1.82) is 0 Å². The van der Waals surface area contributed by atoms with E-state index < -0.39 is 0 Å². The summed E-state index contributed by atoms with van der Waals surface area (Å²) in [6, 6.07) is 15.2. The second kappa shape index (κ2) is 7.33. The maximum absolute atomic E-state index is 12.8. The molecule has 2 aromatic carbocycles. The quantitative estimate of drug-likeness (QED) is 0.616.